The molecule has 0 aromatic heterocycles. The van der Waals surface area contributed by atoms with Crippen LogP contribution in [0.3, 0.4) is 0 Å². The molecule has 0 aliphatic carbocycles. The first kappa shape index (κ1) is 20.1. The number of ether oxygens (including phenoxy) is 2. The van der Waals surface area contributed by atoms with Gasteiger partial charge in [0.2, 0.25) is 0 Å². The molecule has 0 bridgehead atoms. The van der Waals surface area contributed by atoms with Gasteiger partial charge in [0.1, 0.15) is 5.75 Å². The van der Waals surface area contributed by atoms with Gasteiger partial charge >= 0.3 is 0 Å². The van der Waals surface area contributed by atoms with E-state index in [1.807, 2.05) is 0 Å². The second-order valence-corrected chi connectivity index (χ2v) is 6.78. The number of rotatable bonds is 8. The molecule has 1 saturated heterocycles. The molecule has 1 atom stereocenters. The molecule has 26 heavy (non-hydrogen) atoms. The van der Waals surface area contributed by atoms with Crippen LogP contribution < -0.4 is 10.1 Å². The summed E-state index contributed by atoms with van der Waals surface area (Å²) in [6.07, 6.45) is 0.951. The Hall–Kier alpha value is -2.19. The van der Waals surface area contributed by atoms with Crippen molar-refractivity contribution >= 4 is 11.6 Å². The summed E-state index contributed by atoms with van der Waals surface area (Å²) >= 11 is 0. The van der Waals surface area contributed by atoms with Crippen LogP contribution in [0.4, 0.5) is 5.69 Å². The van der Waals surface area contributed by atoms with Crippen molar-refractivity contribution < 1.29 is 19.2 Å². The lowest BCUT2D eigenvalue weighted by molar-refractivity contribution is -0.384. The molecule has 1 fully saturated rings. The molecule has 144 valence electrons. The van der Waals surface area contributed by atoms with Crippen molar-refractivity contribution in [3.8, 4) is 5.75 Å². The monoisotopic (exact) mass is 365 g/mol. The molecule has 1 aliphatic heterocycles. The average Bonchev–Trinajstić information content (AvgIpc) is 2.64. The third-order valence-electron chi connectivity index (χ3n) is 4.44. The number of hydrogen-bond donors (Lipinski definition) is 1. The minimum atomic E-state index is -0.522. The third-order valence-corrected chi connectivity index (χ3v) is 4.44. The molecule has 1 N–H and O–H groups in total. The number of morpholine rings is 1. The molecule has 1 heterocycles. The smallest absolute Gasteiger partial charge is 0.270 e. The Labute approximate surface area is 153 Å². The zero-order chi connectivity index (χ0) is 19.1. The number of nitrogens with one attached hydrogen (secondary N) is 1. The molecule has 0 radical (unpaired) electrons. The van der Waals surface area contributed by atoms with Crippen LogP contribution in [0.25, 0.3) is 0 Å². The summed E-state index contributed by atoms with van der Waals surface area (Å²) in [6.45, 7) is 7.85. The number of nitro benzene ring substituents is 1. The normalized spacial score (nSPS) is 16.3. The summed E-state index contributed by atoms with van der Waals surface area (Å²) in [5, 5.41) is 13.9. The molecule has 1 amide bonds. The number of hydrogen-bond acceptors (Lipinski definition) is 6. The molecule has 8 nitrogen and oxygen atoms in total. The molecule has 0 spiro atoms. The SMILES string of the molecule is COc1ccc([N+](=O)[O-])cc1C(=O)NCC(CC(C)C)N1CCOCC1. The van der Waals surface area contributed by atoms with E-state index in [2.05, 4.69) is 24.1 Å². The number of non-ortho nitro benzene ring substituents is 1. The van der Waals surface area contributed by atoms with E-state index in [9.17, 15) is 14.9 Å². The van der Waals surface area contributed by atoms with E-state index in [0.717, 1.165) is 19.5 Å². The van der Waals surface area contributed by atoms with Crippen LogP contribution in [0.2, 0.25) is 0 Å². The molecule has 1 unspecified atom stereocenters. The van der Waals surface area contributed by atoms with E-state index >= 15 is 0 Å². The lowest BCUT2D eigenvalue weighted by Crippen LogP contribution is -2.49. The van der Waals surface area contributed by atoms with E-state index in [0.29, 0.717) is 31.4 Å². The van der Waals surface area contributed by atoms with Crippen molar-refractivity contribution in [2.45, 2.75) is 26.3 Å². The Morgan fingerprint density at radius 1 is 1.38 bits per heavy atom. The van der Waals surface area contributed by atoms with Crippen LogP contribution in [0.1, 0.15) is 30.6 Å². The highest BCUT2D eigenvalue weighted by Gasteiger charge is 2.24. The number of amides is 1. The van der Waals surface area contributed by atoms with Crippen molar-refractivity contribution in [3.63, 3.8) is 0 Å². The summed E-state index contributed by atoms with van der Waals surface area (Å²) in [7, 11) is 1.44. The topological polar surface area (TPSA) is 93.9 Å². The van der Waals surface area contributed by atoms with Gasteiger partial charge in [-0.3, -0.25) is 19.8 Å². The van der Waals surface area contributed by atoms with Gasteiger partial charge in [-0.2, -0.15) is 0 Å². The number of methoxy groups -OCH3 is 1. The van der Waals surface area contributed by atoms with E-state index in [4.69, 9.17) is 9.47 Å². The molecule has 1 aromatic carbocycles. The quantitative estimate of drug-likeness (QED) is 0.560. The Morgan fingerprint density at radius 3 is 2.65 bits per heavy atom. The van der Waals surface area contributed by atoms with Crippen LogP contribution in [0.15, 0.2) is 18.2 Å². The number of nitro groups is 1. The molecular formula is C18H27N3O5. The number of benzene rings is 1. The first-order valence-electron chi connectivity index (χ1n) is 8.84. The van der Waals surface area contributed by atoms with Gasteiger partial charge in [0.05, 0.1) is 30.8 Å². The summed E-state index contributed by atoms with van der Waals surface area (Å²) in [5.74, 6) is 0.444. The van der Waals surface area contributed by atoms with Gasteiger partial charge in [-0.1, -0.05) is 13.8 Å². The highest BCUT2D eigenvalue weighted by Crippen LogP contribution is 2.24. The van der Waals surface area contributed by atoms with Crippen molar-refractivity contribution in [2.75, 3.05) is 40.0 Å². The highest BCUT2D eigenvalue weighted by molar-refractivity contribution is 5.97. The van der Waals surface area contributed by atoms with Crippen molar-refractivity contribution in [3.05, 3.63) is 33.9 Å². The number of carbonyl (C=O) groups is 1. The fraction of sp³-hybridized carbons (Fsp3) is 0.611. The maximum Gasteiger partial charge on any atom is 0.270 e. The van der Waals surface area contributed by atoms with Gasteiger partial charge in [0, 0.05) is 37.8 Å². The second-order valence-electron chi connectivity index (χ2n) is 6.78. The van der Waals surface area contributed by atoms with Gasteiger partial charge in [-0.05, 0) is 18.4 Å². The van der Waals surface area contributed by atoms with E-state index in [1.54, 1.807) is 0 Å². The highest BCUT2D eigenvalue weighted by atomic mass is 16.6. The van der Waals surface area contributed by atoms with Gasteiger partial charge in [-0.25, -0.2) is 0 Å². The Kier molecular flexibility index (Phi) is 7.35. The molecular weight excluding hydrogens is 338 g/mol. The van der Waals surface area contributed by atoms with Crippen molar-refractivity contribution in [2.24, 2.45) is 5.92 Å². The van der Waals surface area contributed by atoms with Crippen LogP contribution >= 0.6 is 0 Å². The van der Waals surface area contributed by atoms with Gasteiger partial charge in [0.15, 0.2) is 0 Å². The van der Waals surface area contributed by atoms with E-state index < -0.39 is 4.92 Å². The van der Waals surface area contributed by atoms with Crippen molar-refractivity contribution in [1.82, 2.24) is 10.2 Å². The standard InChI is InChI=1S/C18H27N3O5/c1-13(2)10-15(20-6-8-26-9-7-20)12-19-18(22)16-11-14(21(23)24)4-5-17(16)25-3/h4-5,11,13,15H,6-10,12H2,1-3H3,(H,19,22). The first-order chi connectivity index (χ1) is 12.4. The second kappa shape index (κ2) is 9.49. The van der Waals surface area contributed by atoms with Crippen LogP contribution in [-0.4, -0.2) is 61.7 Å². The Bertz CT molecular complexity index is 629. The molecule has 8 heteroatoms. The summed E-state index contributed by atoms with van der Waals surface area (Å²) < 4.78 is 10.6. The van der Waals surface area contributed by atoms with Gasteiger partial charge in [0.25, 0.3) is 11.6 Å². The largest absolute Gasteiger partial charge is 0.496 e. The predicted molar refractivity (Wildman–Crippen MR) is 97.6 cm³/mol. The Balaban J connectivity index is 2.09. The summed E-state index contributed by atoms with van der Waals surface area (Å²) in [4.78, 5) is 25.4. The zero-order valence-electron chi connectivity index (χ0n) is 15.6. The minimum Gasteiger partial charge on any atom is -0.496 e. The van der Waals surface area contributed by atoms with Gasteiger partial charge in [-0.15, -0.1) is 0 Å². The third kappa shape index (κ3) is 5.40. The van der Waals surface area contributed by atoms with Crippen molar-refractivity contribution in [1.29, 1.82) is 0 Å². The lowest BCUT2D eigenvalue weighted by Gasteiger charge is -2.35. The molecule has 1 aliphatic rings. The fourth-order valence-corrected chi connectivity index (χ4v) is 3.14. The van der Waals surface area contributed by atoms with E-state index in [1.165, 1.54) is 25.3 Å². The average molecular weight is 365 g/mol. The maximum atomic E-state index is 12.6. The minimum absolute atomic E-state index is 0.136. The summed E-state index contributed by atoms with van der Waals surface area (Å²) in [5.41, 5.74) is 0.0369. The zero-order valence-corrected chi connectivity index (χ0v) is 15.6. The number of nitrogens with zero attached hydrogens (tertiary/aromatic N) is 2. The predicted octanol–water partition coefficient (Wildman–Crippen LogP) is 2.08. The first-order valence-corrected chi connectivity index (χ1v) is 8.84. The lowest BCUT2D eigenvalue weighted by atomic mass is 10.0. The molecule has 2 rings (SSSR count). The fourth-order valence-electron chi connectivity index (χ4n) is 3.14. The van der Waals surface area contributed by atoms with Crippen LogP contribution in [0, 0.1) is 16.0 Å². The molecule has 0 saturated carbocycles. The van der Waals surface area contributed by atoms with E-state index in [-0.39, 0.29) is 23.2 Å². The van der Waals surface area contributed by atoms with Crippen LogP contribution in [0.5, 0.6) is 5.75 Å². The van der Waals surface area contributed by atoms with Gasteiger partial charge < -0.3 is 14.8 Å². The summed E-state index contributed by atoms with van der Waals surface area (Å²) in [6, 6.07) is 4.22. The molecule has 1 aromatic rings. The number of carbonyl (C=O) groups excluding carboxylic acids is 1. The maximum absolute atomic E-state index is 12.6. The Morgan fingerprint density at radius 2 is 2.08 bits per heavy atom. The van der Waals surface area contributed by atoms with Crippen LogP contribution in [-0.2, 0) is 4.74 Å².